The summed E-state index contributed by atoms with van der Waals surface area (Å²) >= 11 is 0. The zero-order chi connectivity index (χ0) is 10.2. The Morgan fingerprint density at radius 3 is 2.57 bits per heavy atom. The number of amides is 1. The highest BCUT2D eigenvalue weighted by Gasteiger charge is 2.44. The van der Waals surface area contributed by atoms with Gasteiger partial charge in [-0.2, -0.15) is 0 Å². The van der Waals surface area contributed by atoms with Crippen LogP contribution in [0.4, 0.5) is 4.79 Å². The van der Waals surface area contributed by atoms with Gasteiger partial charge in [0.05, 0.1) is 0 Å². The van der Waals surface area contributed by atoms with Gasteiger partial charge < -0.3 is 10.5 Å². The monoisotopic (exact) mass is 192 g/mol. The van der Waals surface area contributed by atoms with Gasteiger partial charge in [0, 0.05) is 0 Å². The SMILES string of the molecule is C[C@H]1OC(=O)N[C@@]1(N)c1ccccc1. The first-order chi connectivity index (χ1) is 6.63. The van der Waals surface area contributed by atoms with Crippen molar-refractivity contribution >= 4 is 6.09 Å². The molecule has 1 aliphatic rings. The Morgan fingerprint density at radius 1 is 1.43 bits per heavy atom. The number of nitrogens with two attached hydrogens (primary N) is 1. The topological polar surface area (TPSA) is 64.3 Å². The molecule has 0 aliphatic carbocycles. The van der Waals surface area contributed by atoms with Crippen molar-refractivity contribution in [1.82, 2.24) is 5.32 Å². The minimum atomic E-state index is -0.904. The average molecular weight is 192 g/mol. The molecule has 74 valence electrons. The van der Waals surface area contributed by atoms with Crippen molar-refractivity contribution in [3.8, 4) is 0 Å². The van der Waals surface area contributed by atoms with Gasteiger partial charge in [-0.1, -0.05) is 30.3 Å². The number of nitrogens with one attached hydrogen (secondary N) is 1. The molecule has 0 bridgehead atoms. The van der Waals surface area contributed by atoms with E-state index in [0.29, 0.717) is 0 Å². The van der Waals surface area contributed by atoms with E-state index in [-0.39, 0.29) is 6.10 Å². The second-order valence-corrected chi connectivity index (χ2v) is 3.41. The third-order valence-electron chi connectivity index (χ3n) is 2.49. The molecule has 0 saturated carbocycles. The number of hydrogen-bond donors (Lipinski definition) is 2. The van der Waals surface area contributed by atoms with Crippen LogP contribution in [0.25, 0.3) is 0 Å². The molecule has 0 aromatic heterocycles. The molecule has 1 fully saturated rings. The Labute approximate surface area is 82.1 Å². The van der Waals surface area contributed by atoms with Crippen LogP contribution in [0.1, 0.15) is 12.5 Å². The number of ether oxygens (including phenoxy) is 1. The second-order valence-electron chi connectivity index (χ2n) is 3.41. The molecule has 1 saturated heterocycles. The summed E-state index contributed by atoms with van der Waals surface area (Å²) in [5, 5.41) is 2.61. The van der Waals surface area contributed by atoms with Crippen molar-refractivity contribution in [2.75, 3.05) is 0 Å². The van der Waals surface area contributed by atoms with Crippen molar-refractivity contribution in [2.45, 2.75) is 18.7 Å². The maximum absolute atomic E-state index is 11.0. The maximum Gasteiger partial charge on any atom is 0.409 e. The van der Waals surface area contributed by atoms with Crippen LogP contribution >= 0.6 is 0 Å². The van der Waals surface area contributed by atoms with E-state index >= 15 is 0 Å². The van der Waals surface area contributed by atoms with Crippen molar-refractivity contribution < 1.29 is 9.53 Å². The Balaban J connectivity index is 2.38. The van der Waals surface area contributed by atoms with Gasteiger partial charge in [-0.3, -0.25) is 5.32 Å². The summed E-state index contributed by atoms with van der Waals surface area (Å²) in [6, 6.07) is 9.38. The van der Waals surface area contributed by atoms with Crippen molar-refractivity contribution in [1.29, 1.82) is 0 Å². The van der Waals surface area contributed by atoms with Crippen molar-refractivity contribution in [2.24, 2.45) is 5.73 Å². The van der Waals surface area contributed by atoms with Crippen LogP contribution in [0.3, 0.4) is 0 Å². The second kappa shape index (κ2) is 2.99. The van der Waals surface area contributed by atoms with E-state index in [1.165, 1.54) is 0 Å². The summed E-state index contributed by atoms with van der Waals surface area (Å²) in [7, 11) is 0. The van der Waals surface area contributed by atoms with Crippen LogP contribution < -0.4 is 11.1 Å². The fraction of sp³-hybridized carbons (Fsp3) is 0.300. The van der Waals surface area contributed by atoms with E-state index in [1.807, 2.05) is 30.3 Å². The first-order valence-electron chi connectivity index (χ1n) is 4.46. The van der Waals surface area contributed by atoms with E-state index < -0.39 is 11.8 Å². The number of cyclic esters (lactones) is 1. The number of rotatable bonds is 1. The standard InChI is InChI=1S/C10H12N2O2/c1-7-10(11,12-9(13)14-7)8-5-3-2-4-6-8/h2-7H,11H2,1H3,(H,12,13)/t7-,10-/m1/s1. The summed E-state index contributed by atoms with van der Waals surface area (Å²) in [4.78, 5) is 11.0. The van der Waals surface area contributed by atoms with Gasteiger partial charge in [0.25, 0.3) is 0 Å². The molecule has 14 heavy (non-hydrogen) atoms. The van der Waals surface area contributed by atoms with Crippen LogP contribution in [0.2, 0.25) is 0 Å². The minimum Gasteiger partial charge on any atom is -0.442 e. The smallest absolute Gasteiger partial charge is 0.409 e. The molecule has 0 unspecified atom stereocenters. The molecule has 3 N–H and O–H groups in total. The summed E-state index contributed by atoms with van der Waals surface area (Å²) in [5.74, 6) is 0. The van der Waals surface area contributed by atoms with Crippen LogP contribution in [-0.2, 0) is 10.4 Å². The van der Waals surface area contributed by atoms with Crippen LogP contribution in [0.5, 0.6) is 0 Å². The molecule has 2 rings (SSSR count). The third-order valence-corrected chi connectivity index (χ3v) is 2.49. The first-order valence-corrected chi connectivity index (χ1v) is 4.46. The lowest BCUT2D eigenvalue weighted by atomic mass is 9.96. The van der Waals surface area contributed by atoms with Gasteiger partial charge in [0.2, 0.25) is 0 Å². The zero-order valence-electron chi connectivity index (χ0n) is 7.86. The molecular weight excluding hydrogens is 180 g/mol. The fourth-order valence-electron chi connectivity index (χ4n) is 1.57. The Bertz CT molecular complexity index is 352. The lowest BCUT2D eigenvalue weighted by Gasteiger charge is -2.26. The highest BCUT2D eigenvalue weighted by atomic mass is 16.6. The molecule has 1 aliphatic heterocycles. The van der Waals surface area contributed by atoms with Gasteiger partial charge in [0.15, 0.2) is 5.66 Å². The number of hydrogen-bond acceptors (Lipinski definition) is 3. The van der Waals surface area contributed by atoms with E-state index in [9.17, 15) is 4.79 Å². The maximum atomic E-state index is 11.0. The summed E-state index contributed by atoms with van der Waals surface area (Å²) in [5.41, 5.74) is 6.00. The van der Waals surface area contributed by atoms with E-state index in [4.69, 9.17) is 10.5 Å². The number of benzene rings is 1. The quantitative estimate of drug-likeness (QED) is 0.695. The largest absolute Gasteiger partial charge is 0.442 e. The number of carbonyl (C=O) groups excluding carboxylic acids is 1. The van der Waals surface area contributed by atoms with E-state index in [0.717, 1.165) is 5.56 Å². The normalized spacial score (nSPS) is 31.0. The van der Waals surface area contributed by atoms with Gasteiger partial charge in [-0.05, 0) is 12.5 Å². The van der Waals surface area contributed by atoms with Crippen molar-refractivity contribution in [3.05, 3.63) is 35.9 Å². The lowest BCUT2D eigenvalue weighted by molar-refractivity contribution is 0.121. The Hall–Kier alpha value is -1.55. The molecule has 1 aromatic rings. The average Bonchev–Trinajstić information content (AvgIpc) is 2.43. The molecule has 1 aromatic carbocycles. The molecule has 0 spiro atoms. The van der Waals surface area contributed by atoms with Crippen molar-refractivity contribution in [3.63, 3.8) is 0 Å². The van der Waals surface area contributed by atoms with Crippen LogP contribution in [0.15, 0.2) is 30.3 Å². The highest BCUT2D eigenvalue weighted by molar-refractivity contribution is 5.71. The molecule has 4 heteroatoms. The van der Waals surface area contributed by atoms with Gasteiger partial charge in [-0.25, -0.2) is 4.79 Å². The predicted molar refractivity (Wildman–Crippen MR) is 51.4 cm³/mol. The van der Waals surface area contributed by atoms with E-state index in [2.05, 4.69) is 5.32 Å². The first kappa shape index (κ1) is 9.02. The molecule has 0 radical (unpaired) electrons. The summed E-state index contributed by atoms with van der Waals surface area (Å²) in [6.45, 7) is 1.77. The fourth-order valence-corrected chi connectivity index (χ4v) is 1.57. The molecule has 1 amide bonds. The molecule has 1 heterocycles. The molecule has 4 nitrogen and oxygen atoms in total. The Kier molecular flexibility index (Phi) is 1.93. The number of alkyl carbamates (subject to hydrolysis) is 1. The predicted octanol–water partition coefficient (Wildman–Crippen LogP) is 0.926. The van der Waals surface area contributed by atoms with E-state index in [1.54, 1.807) is 6.92 Å². The van der Waals surface area contributed by atoms with Gasteiger partial charge in [0.1, 0.15) is 6.10 Å². The number of carbonyl (C=O) groups is 1. The zero-order valence-corrected chi connectivity index (χ0v) is 7.86. The summed E-state index contributed by atoms with van der Waals surface area (Å²) in [6.07, 6.45) is -0.832. The van der Waals surface area contributed by atoms with Gasteiger partial charge >= 0.3 is 6.09 Å². The molecule has 2 atom stereocenters. The van der Waals surface area contributed by atoms with Crippen LogP contribution in [-0.4, -0.2) is 12.2 Å². The highest BCUT2D eigenvalue weighted by Crippen LogP contribution is 2.26. The Morgan fingerprint density at radius 2 is 2.07 bits per heavy atom. The minimum absolute atomic E-state index is 0.364. The molecular formula is C10H12N2O2. The van der Waals surface area contributed by atoms with Gasteiger partial charge in [-0.15, -0.1) is 0 Å². The summed E-state index contributed by atoms with van der Waals surface area (Å²) < 4.78 is 4.96. The lowest BCUT2D eigenvalue weighted by Crippen LogP contribution is -2.52. The van der Waals surface area contributed by atoms with Crippen LogP contribution in [0, 0.1) is 0 Å². The third kappa shape index (κ3) is 1.24.